The van der Waals surface area contributed by atoms with Crippen LogP contribution in [0.25, 0.3) is 0 Å². The molecule has 6 nitrogen and oxygen atoms in total. The van der Waals surface area contributed by atoms with Crippen LogP contribution < -0.4 is 5.32 Å². The number of anilines is 1. The highest BCUT2D eigenvalue weighted by Crippen LogP contribution is 2.28. The summed E-state index contributed by atoms with van der Waals surface area (Å²) >= 11 is 0. The zero-order valence-corrected chi connectivity index (χ0v) is 11.4. The molecule has 0 aliphatic rings. The molecule has 0 saturated heterocycles. The van der Waals surface area contributed by atoms with Crippen molar-refractivity contribution in [2.45, 2.75) is 46.0 Å². The highest BCUT2D eigenvalue weighted by atomic mass is 16.6. The predicted molar refractivity (Wildman–Crippen MR) is 71.9 cm³/mol. The Balaban J connectivity index is 2.69. The second kappa shape index (κ2) is 6.98. The number of hydrogen-bond acceptors (Lipinski definition) is 4. The first-order chi connectivity index (χ1) is 8.61. The molecule has 6 heteroatoms. The number of nitrogens with one attached hydrogen (secondary N) is 1. The molecule has 0 radical (unpaired) electrons. The summed E-state index contributed by atoms with van der Waals surface area (Å²) in [6.45, 7) is 4.79. The maximum atomic E-state index is 11.1. The van der Waals surface area contributed by atoms with Gasteiger partial charge in [-0.3, -0.25) is 10.1 Å². The van der Waals surface area contributed by atoms with Gasteiger partial charge in [-0.05, 0) is 12.8 Å². The van der Waals surface area contributed by atoms with E-state index in [-0.39, 0.29) is 10.6 Å². The van der Waals surface area contributed by atoms with Crippen molar-refractivity contribution in [1.82, 2.24) is 9.78 Å². The fourth-order valence-electron chi connectivity index (χ4n) is 1.96. The largest absolute Gasteiger partial charge is 0.365 e. The molecule has 0 bridgehead atoms. The number of aromatic nitrogens is 2. The quantitative estimate of drug-likeness (QED) is 0.440. The number of rotatable bonds is 8. The molecule has 102 valence electrons. The van der Waals surface area contributed by atoms with Gasteiger partial charge in [0.25, 0.3) is 0 Å². The van der Waals surface area contributed by atoms with E-state index in [1.807, 2.05) is 6.92 Å². The molecule has 0 aliphatic carbocycles. The normalized spacial score (nSPS) is 10.6. The summed E-state index contributed by atoms with van der Waals surface area (Å²) in [4.78, 5) is 10.7. The number of nitro groups is 1. The molecule has 1 N–H and O–H groups in total. The summed E-state index contributed by atoms with van der Waals surface area (Å²) in [6, 6.07) is 0. The van der Waals surface area contributed by atoms with E-state index in [1.54, 1.807) is 11.7 Å². The highest BCUT2D eigenvalue weighted by Gasteiger charge is 2.24. The van der Waals surface area contributed by atoms with Crippen molar-refractivity contribution >= 4 is 11.5 Å². The van der Waals surface area contributed by atoms with E-state index in [0.717, 1.165) is 19.4 Å². The minimum Gasteiger partial charge on any atom is -0.365 e. The molecule has 0 unspecified atom stereocenters. The average molecular weight is 254 g/mol. The SMILES string of the molecule is CCCCCCNc1c([N+](=O)[O-])c(CC)nn1C. The Hall–Kier alpha value is -1.59. The monoisotopic (exact) mass is 254 g/mol. The van der Waals surface area contributed by atoms with Crippen LogP contribution in [0.5, 0.6) is 0 Å². The van der Waals surface area contributed by atoms with E-state index in [9.17, 15) is 10.1 Å². The molecule has 1 aromatic rings. The summed E-state index contributed by atoms with van der Waals surface area (Å²) in [5.74, 6) is 0.522. The molecule has 0 amide bonds. The van der Waals surface area contributed by atoms with Crippen molar-refractivity contribution in [3.05, 3.63) is 15.8 Å². The Kier molecular flexibility index (Phi) is 5.61. The Bertz CT molecular complexity index is 401. The zero-order valence-electron chi connectivity index (χ0n) is 11.4. The molecular weight excluding hydrogens is 232 g/mol. The average Bonchev–Trinajstić information content (AvgIpc) is 2.66. The minimum atomic E-state index is -0.347. The van der Waals surface area contributed by atoms with Gasteiger partial charge < -0.3 is 5.32 Å². The Labute approximate surface area is 108 Å². The molecular formula is C12H22N4O2. The lowest BCUT2D eigenvalue weighted by molar-refractivity contribution is -0.384. The van der Waals surface area contributed by atoms with Crippen molar-refractivity contribution in [3.8, 4) is 0 Å². The summed E-state index contributed by atoms with van der Waals surface area (Å²) in [5, 5.41) is 18.4. The van der Waals surface area contributed by atoms with Crippen LogP contribution in [0, 0.1) is 10.1 Å². The van der Waals surface area contributed by atoms with Crippen LogP contribution in [0.4, 0.5) is 11.5 Å². The molecule has 0 fully saturated rings. The molecule has 0 aliphatic heterocycles. The van der Waals surface area contributed by atoms with Crippen LogP contribution >= 0.6 is 0 Å². The third kappa shape index (κ3) is 3.45. The topological polar surface area (TPSA) is 73.0 Å². The number of nitrogens with zero attached hydrogens (tertiary/aromatic N) is 3. The lowest BCUT2D eigenvalue weighted by Gasteiger charge is -2.05. The second-order valence-corrected chi connectivity index (χ2v) is 4.37. The van der Waals surface area contributed by atoms with Gasteiger partial charge in [0.15, 0.2) is 0 Å². The summed E-state index contributed by atoms with van der Waals surface area (Å²) in [7, 11) is 1.74. The van der Waals surface area contributed by atoms with Gasteiger partial charge in [0, 0.05) is 13.6 Å². The molecule has 0 atom stereocenters. The highest BCUT2D eigenvalue weighted by molar-refractivity contribution is 5.59. The van der Waals surface area contributed by atoms with Crippen LogP contribution in [0.1, 0.15) is 45.2 Å². The second-order valence-electron chi connectivity index (χ2n) is 4.37. The van der Waals surface area contributed by atoms with Crippen molar-refractivity contribution < 1.29 is 4.92 Å². The smallest absolute Gasteiger partial charge is 0.333 e. The van der Waals surface area contributed by atoms with E-state index in [1.165, 1.54) is 12.8 Å². The van der Waals surface area contributed by atoms with E-state index >= 15 is 0 Å². The van der Waals surface area contributed by atoms with Crippen molar-refractivity contribution in [3.63, 3.8) is 0 Å². The van der Waals surface area contributed by atoms with E-state index in [4.69, 9.17) is 0 Å². The van der Waals surface area contributed by atoms with Crippen LogP contribution in [-0.4, -0.2) is 21.2 Å². The van der Waals surface area contributed by atoms with Gasteiger partial charge >= 0.3 is 5.69 Å². The lowest BCUT2D eigenvalue weighted by Crippen LogP contribution is -2.07. The Morgan fingerprint density at radius 3 is 2.61 bits per heavy atom. The van der Waals surface area contributed by atoms with Crippen LogP contribution in [0.15, 0.2) is 0 Å². The molecule has 18 heavy (non-hydrogen) atoms. The third-order valence-corrected chi connectivity index (χ3v) is 2.93. The van der Waals surface area contributed by atoms with Gasteiger partial charge in [0.1, 0.15) is 5.69 Å². The molecule has 1 rings (SSSR count). The Morgan fingerprint density at radius 1 is 1.33 bits per heavy atom. The van der Waals surface area contributed by atoms with Gasteiger partial charge in [-0.25, -0.2) is 4.68 Å². The number of hydrogen-bond donors (Lipinski definition) is 1. The molecule has 0 saturated carbocycles. The fourth-order valence-corrected chi connectivity index (χ4v) is 1.96. The maximum Gasteiger partial charge on any atom is 0.333 e. The lowest BCUT2D eigenvalue weighted by atomic mass is 10.2. The summed E-state index contributed by atoms with van der Waals surface area (Å²) < 4.78 is 1.57. The standard InChI is InChI=1S/C12H22N4O2/c1-4-6-7-8-9-13-12-11(16(17)18)10(5-2)14-15(12)3/h13H,4-9H2,1-3H3. The summed E-state index contributed by atoms with van der Waals surface area (Å²) in [6.07, 6.45) is 5.14. The number of unbranched alkanes of at least 4 members (excludes halogenated alkanes) is 3. The summed E-state index contributed by atoms with van der Waals surface area (Å²) in [5.41, 5.74) is 0.661. The maximum absolute atomic E-state index is 11.1. The van der Waals surface area contributed by atoms with Gasteiger partial charge in [-0.15, -0.1) is 0 Å². The van der Waals surface area contributed by atoms with E-state index in [0.29, 0.717) is 17.9 Å². The molecule has 0 spiro atoms. The van der Waals surface area contributed by atoms with Crippen LogP contribution in [0.2, 0.25) is 0 Å². The molecule has 1 heterocycles. The van der Waals surface area contributed by atoms with Crippen molar-refractivity contribution in [2.75, 3.05) is 11.9 Å². The van der Waals surface area contributed by atoms with E-state index < -0.39 is 0 Å². The predicted octanol–water partition coefficient (Wildman–Crippen LogP) is 2.88. The van der Waals surface area contributed by atoms with Crippen molar-refractivity contribution in [2.24, 2.45) is 7.05 Å². The first-order valence-electron chi connectivity index (χ1n) is 6.55. The van der Waals surface area contributed by atoms with Gasteiger partial charge in [-0.2, -0.15) is 5.10 Å². The van der Waals surface area contributed by atoms with Crippen molar-refractivity contribution in [1.29, 1.82) is 0 Å². The Morgan fingerprint density at radius 2 is 2.06 bits per heavy atom. The van der Waals surface area contributed by atoms with Gasteiger partial charge in [-0.1, -0.05) is 33.1 Å². The third-order valence-electron chi connectivity index (χ3n) is 2.93. The fraction of sp³-hybridized carbons (Fsp3) is 0.750. The van der Waals surface area contributed by atoms with E-state index in [2.05, 4.69) is 17.3 Å². The van der Waals surface area contributed by atoms with Gasteiger partial charge in [0.05, 0.1) is 4.92 Å². The molecule has 0 aromatic carbocycles. The zero-order chi connectivity index (χ0) is 13.5. The minimum absolute atomic E-state index is 0.121. The van der Waals surface area contributed by atoms with Gasteiger partial charge in [0.2, 0.25) is 5.82 Å². The molecule has 1 aromatic heterocycles. The number of aryl methyl sites for hydroxylation is 2. The first-order valence-corrected chi connectivity index (χ1v) is 6.55. The van der Waals surface area contributed by atoms with Crippen LogP contribution in [0.3, 0.4) is 0 Å². The first kappa shape index (κ1) is 14.5. The van der Waals surface area contributed by atoms with Crippen LogP contribution in [-0.2, 0) is 13.5 Å².